The molecule has 7 heteroatoms. The van der Waals surface area contributed by atoms with Crippen molar-refractivity contribution in [2.24, 2.45) is 0 Å². The number of benzene rings is 2. The molecule has 4 aromatic rings. The molecule has 1 atom stereocenters. The fraction of sp³-hybridized carbons (Fsp3) is 0.185. The van der Waals surface area contributed by atoms with Crippen LogP contribution in [0.25, 0.3) is 16.7 Å². The van der Waals surface area contributed by atoms with Crippen molar-refractivity contribution in [3.8, 4) is 5.75 Å². The molecular weight excluding hydrogens is 432 g/mol. The molecule has 1 aliphatic rings. The molecule has 1 saturated heterocycles. The second-order valence-electron chi connectivity index (χ2n) is 8.49. The molecule has 0 bridgehead atoms. The summed E-state index contributed by atoms with van der Waals surface area (Å²) in [5, 5.41) is 12.2. The molecule has 2 N–H and O–H groups in total. The number of ketones is 1. The fourth-order valence-electron chi connectivity index (χ4n) is 4.40. The lowest BCUT2D eigenvalue weighted by Crippen LogP contribution is -2.29. The van der Waals surface area contributed by atoms with Gasteiger partial charge in [0.15, 0.2) is 0 Å². The van der Waals surface area contributed by atoms with Crippen LogP contribution in [-0.2, 0) is 16.1 Å². The van der Waals surface area contributed by atoms with Gasteiger partial charge in [-0.2, -0.15) is 0 Å². The Balaban J connectivity index is 1.68. The quantitative estimate of drug-likeness (QED) is 0.237. The second-order valence-corrected chi connectivity index (χ2v) is 8.49. The molecule has 0 saturated carbocycles. The number of H-pyrrole nitrogens is 1. The van der Waals surface area contributed by atoms with Crippen LogP contribution in [0.3, 0.4) is 0 Å². The number of carbonyl (C=O) groups is 2. The molecule has 0 spiro atoms. The maximum Gasteiger partial charge on any atom is 0.296 e. The molecule has 1 aliphatic heterocycles. The predicted molar refractivity (Wildman–Crippen MR) is 127 cm³/mol. The number of aromatic nitrogens is 1. The number of likely N-dealkylation sites (tertiary alicyclic amines) is 1. The fourth-order valence-corrected chi connectivity index (χ4v) is 4.40. The van der Waals surface area contributed by atoms with Gasteiger partial charge in [0.1, 0.15) is 17.3 Å². The van der Waals surface area contributed by atoms with Gasteiger partial charge >= 0.3 is 0 Å². The Labute approximate surface area is 196 Å². The normalized spacial score (nSPS) is 17.7. The van der Waals surface area contributed by atoms with Crippen LogP contribution in [-0.4, -0.2) is 32.8 Å². The summed E-state index contributed by atoms with van der Waals surface area (Å²) in [6.07, 6.45) is 3.25. The van der Waals surface area contributed by atoms with E-state index in [-0.39, 0.29) is 24.0 Å². The third-order valence-electron chi connectivity index (χ3n) is 5.84. The Kier molecular flexibility index (Phi) is 5.45. The maximum atomic E-state index is 13.3. The number of rotatable bonds is 6. The van der Waals surface area contributed by atoms with Crippen LogP contribution < -0.4 is 4.74 Å². The molecule has 7 nitrogen and oxygen atoms in total. The van der Waals surface area contributed by atoms with Gasteiger partial charge < -0.3 is 24.1 Å². The first-order valence-corrected chi connectivity index (χ1v) is 11.1. The van der Waals surface area contributed by atoms with Gasteiger partial charge in [-0.1, -0.05) is 30.3 Å². The number of carbonyl (C=O) groups excluding carboxylic acids is 2. The van der Waals surface area contributed by atoms with Crippen molar-refractivity contribution in [2.45, 2.75) is 32.5 Å². The number of furan rings is 1. The second kappa shape index (κ2) is 8.59. The van der Waals surface area contributed by atoms with Gasteiger partial charge in [0, 0.05) is 28.2 Å². The van der Waals surface area contributed by atoms with Crippen LogP contribution >= 0.6 is 0 Å². The summed E-state index contributed by atoms with van der Waals surface area (Å²) in [6.45, 7) is 3.91. The lowest BCUT2D eigenvalue weighted by molar-refractivity contribution is -0.140. The molecule has 0 aliphatic carbocycles. The van der Waals surface area contributed by atoms with Crippen molar-refractivity contribution in [1.82, 2.24) is 9.88 Å². The van der Waals surface area contributed by atoms with E-state index in [2.05, 4.69) is 4.98 Å². The first kappa shape index (κ1) is 21.6. The van der Waals surface area contributed by atoms with E-state index in [1.165, 1.54) is 11.2 Å². The number of aromatic amines is 1. The summed E-state index contributed by atoms with van der Waals surface area (Å²) in [4.78, 5) is 31.1. The molecule has 172 valence electrons. The molecule has 1 fully saturated rings. The van der Waals surface area contributed by atoms with Crippen molar-refractivity contribution in [2.75, 3.05) is 0 Å². The monoisotopic (exact) mass is 456 g/mol. The molecule has 34 heavy (non-hydrogen) atoms. The Hall–Kier alpha value is -4.26. The zero-order chi connectivity index (χ0) is 23.8. The van der Waals surface area contributed by atoms with Gasteiger partial charge in [-0.05, 0) is 44.2 Å². The summed E-state index contributed by atoms with van der Waals surface area (Å²) in [6, 6.07) is 17.2. The highest BCUT2D eigenvalue weighted by atomic mass is 16.5. The number of fused-ring (bicyclic) bond motifs is 1. The van der Waals surface area contributed by atoms with Gasteiger partial charge in [-0.25, -0.2) is 0 Å². The van der Waals surface area contributed by atoms with E-state index < -0.39 is 17.7 Å². The number of amides is 1. The summed E-state index contributed by atoms with van der Waals surface area (Å²) in [7, 11) is 0. The maximum absolute atomic E-state index is 13.3. The number of hydrogen-bond donors (Lipinski definition) is 2. The van der Waals surface area contributed by atoms with Crippen molar-refractivity contribution in [3.63, 3.8) is 0 Å². The Morgan fingerprint density at radius 1 is 1.12 bits per heavy atom. The number of Topliss-reactive ketones (excluding diaryl/α,β-unsaturated/α-hetero) is 1. The standard InChI is InChI=1S/C27H24N2O5/c1-16(2)34-18-8-5-7-17(13-18)25(30)23-24(21-14-28-22-11-4-3-10-20(21)22)29(27(32)26(23)31)15-19-9-6-12-33-19/h3-14,16,24,28,30H,15H2,1-2H3/b25-23+. The average Bonchev–Trinajstić information content (AvgIpc) is 3.54. The molecule has 2 aromatic heterocycles. The highest BCUT2D eigenvalue weighted by Gasteiger charge is 2.47. The van der Waals surface area contributed by atoms with E-state index >= 15 is 0 Å². The minimum absolute atomic E-state index is 0.0306. The first-order valence-electron chi connectivity index (χ1n) is 11.1. The Bertz CT molecular complexity index is 1400. The predicted octanol–water partition coefficient (Wildman–Crippen LogP) is 5.17. The van der Waals surface area contributed by atoms with Crippen LogP contribution in [0, 0.1) is 0 Å². The zero-order valence-electron chi connectivity index (χ0n) is 18.8. The van der Waals surface area contributed by atoms with Crippen molar-refractivity contribution in [1.29, 1.82) is 0 Å². The summed E-state index contributed by atoms with van der Waals surface area (Å²) < 4.78 is 11.2. The number of hydrogen-bond acceptors (Lipinski definition) is 5. The summed E-state index contributed by atoms with van der Waals surface area (Å²) in [5.74, 6) is -0.575. The molecule has 1 unspecified atom stereocenters. The van der Waals surface area contributed by atoms with Gasteiger partial charge in [-0.15, -0.1) is 0 Å². The highest BCUT2D eigenvalue weighted by molar-refractivity contribution is 6.46. The Morgan fingerprint density at radius 3 is 2.71 bits per heavy atom. The topological polar surface area (TPSA) is 95.8 Å². The van der Waals surface area contributed by atoms with E-state index in [1.54, 1.807) is 42.6 Å². The van der Waals surface area contributed by atoms with Crippen LogP contribution in [0.4, 0.5) is 0 Å². The lowest BCUT2D eigenvalue weighted by Gasteiger charge is -2.24. The first-order chi connectivity index (χ1) is 16.4. The molecule has 1 amide bonds. The largest absolute Gasteiger partial charge is 0.507 e. The highest BCUT2D eigenvalue weighted by Crippen LogP contribution is 2.42. The van der Waals surface area contributed by atoms with Crippen LogP contribution in [0.1, 0.15) is 36.8 Å². The van der Waals surface area contributed by atoms with E-state index in [0.29, 0.717) is 17.1 Å². The van der Waals surface area contributed by atoms with E-state index in [1.807, 2.05) is 38.1 Å². The SMILES string of the molecule is CC(C)Oc1cccc(/C(O)=C2\C(=O)C(=O)N(Cc3ccco3)C2c2c[nH]c3ccccc23)c1. The zero-order valence-corrected chi connectivity index (χ0v) is 18.8. The molecule has 0 radical (unpaired) electrons. The molecule has 5 rings (SSSR count). The third kappa shape index (κ3) is 3.75. The number of para-hydroxylation sites is 1. The van der Waals surface area contributed by atoms with Crippen molar-refractivity contribution >= 4 is 28.4 Å². The van der Waals surface area contributed by atoms with Gasteiger partial charge in [0.05, 0.1) is 30.5 Å². The van der Waals surface area contributed by atoms with E-state index in [0.717, 1.165) is 16.5 Å². The minimum Gasteiger partial charge on any atom is -0.507 e. The number of nitrogens with zero attached hydrogens (tertiary/aromatic N) is 1. The lowest BCUT2D eigenvalue weighted by atomic mass is 9.95. The van der Waals surface area contributed by atoms with Crippen LogP contribution in [0.15, 0.2) is 83.1 Å². The van der Waals surface area contributed by atoms with E-state index in [9.17, 15) is 14.7 Å². The molecule has 3 heterocycles. The molecule has 2 aromatic carbocycles. The van der Waals surface area contributed by atoms with E-state index in [4.69, 9.17) is 9.15 Å². The summed E-state index contributed by atoms with van der Waals surface area (Å²) in [5.41, 5.74) is 2.02. The number of aliphatic hydroxyl groups is 1. The smallest absolute Gasteiger partial charge is 0.296 e. The summed E-state index contributed by atoms with van der Waals surface area (Å²) >= 11 is 0. The number of nitrogens with one attached hydrogen (secondary N) is 1. The Morgan fingerprint density at radius 2 is 1.94 bits per heavy atom. The number of ether oxygens (including phenoxy) is 1. The minimum atomic E-state index is -0.795. The van der Waals surface area contributed by atoms with Gasteiger partial charge in [0.2, 0.25) is 0 Å². The van der Waals surface area contributed by atoms with Crippen molar-refractivity contribution in [3.05, 3.63) is 95.6 Å². The third-order valence-corrected chi connectivity index (χ3v) is 5.84. The number of aliphatic hydroxyl groups excluding tert-OH is 1. The van der Waals surface area contributed by atoms with Crippen molar-refractivity contribution < 1.29 is 23.8 Å². The van der Waals surface area contributed by atoms with Crippen LogP contribution in [0.2, 0.25) is 0 Å². The van der Waals surface area contributed by atoms with Gasteiger partial charge in [0.25, 0.3) is 11.7 Å². The molecular formula is C27H24N2O5. The van der Waals surface area contributed by atoms with Gasteiger partial charge in [-0.3, -0.25) is 9.59 Å². The van der Waals surface area contributed by atoms with Crippen LogP contribution in [0.5, 0.6) is 5.75 Å². The average molecular weight is 456 g/mol.